The second-order valence-electron chi connectivity index (χ2n) is 3.53. The molecule has 2 aromatic rings. The number of carbonyl (C=O) groups is 1. The summed E-state index contributed by atoms with van der Waals surface area (Å²) in [7, 11) is 1.92. The Kier molecular flexibility index (Phi) is 3.05. The molecule has 0 aromatic carbocycles. The van der Waals surface area contributed by atoms with Gasteiger partial charge in [-0.3, -0.25) is 4.79 Å². The van der Waals surface area contributed by atoms with Crippen molar-refractivity contribution in [3.05, 3.63) is 34.7 Å². The molecule has 0 atom stereocenters. The van der Waals surface area contributed by atoms with Gasteiger partial charge in [-0.05, 0) is 19.1 Å². The number of rotatable bonds is 4. The van der Waals surface area contributed by atoms with Crippen molar-refractivity contribution in [1.82, 2.24) is 4.98 Å². The van der Waals surface area contributed by atoms with Crippen LogP contribution in [0.25, 0.3) is 0 Å². The van der Waals surface area contributed by atoms with Gasteiger partial charge in [-0.25, -0.2) is 4.98 Å². The monoisotopic (exact) mass is 236 g/mol. The van der Waals surface area contributed by atoms with Crippen LogP contribution in [0.4, 0.5) is 5.13 Å². The van der Waals surface area contributed by atoms with E-state index in [1.165, 1.54) is 11.3 Å². The number of aryl methyl sites for hydroxylation is 1. The van der Waals surface area contributed by atoms with E-state index in [4.69, 9.17) is 4.42 Å². The summed E-state index contributed by atoms with van der Waals surface area (Å²) in [4.78, 5) is 17.3. The molecule has 0 saturated heterocycles. The zero-order chi connectivity index (χ0) is 11.5. The molecule has 0 aliphatic heterocycles. The molecular formula is C11H12N2O2S. The quantitative estimate of drug-likeness (QED) is 0.765. The van der Waals surface area contributed by atoms with Gasteiger partial charge in [0.15, 0.2) is 11.4 Å². The normalized spacial score (nSPS) is 10.4. The number of carbonyl (C=O) groups excluding carboxylic acids is 1. The average Bonchev–Trinajstić information content (AvgIpc) is 2.87. The van der Waals surface area contributed by atoms with Gasteiger partial charge in [-0.2, -0.15) is 0 Å². The molecule has 5 heteroatoms. The van der Waals surface area contributed by atoms with Gasteiger partial charge in [0, 0.05) is 7.05 Å². The first-order chi connectivity index (χ1) is 7.69. The van der Waals surface area contributed by atoms with E-state index in [1.54, 1.807) is 6.20 Å². The highest BCUT2D eigenvalue weighted by molar-refractivity contribution is 7.17. The lowest BCUT2D eigenvalue weighted by Crippen LogP contribution is -2.15. The van der Waals surface area contributed by atoms with Crippen LogP contribution in [-0.4, -0.2) is 18.3 Å². The van der Waals surface area contributed by atoms with E-state index < -0.39 is 0 Å². The average molecular weight is 236 g/mol. The minimum Gasteiger partial charge on any atom is -0.464 e. The first kappa shape index (κ1) is 10.9. The molecule has 0 bridgehead atoms. The molecule has 0 spiro atoms. The van der Waals surface area contributed by atoms with E-state index in [-0.39, 0.29) is 0 Å². The number of aldehydes is 1. The maximum Gasteiger partial charge on any atom is 0.186 e. The molecule has 0 amide bonds. The molecule has 2 heterocycles. The third kappa shape index (κ3) is 2.30. The number of hydrogen-bond donors (Lipinski definition) is 0. The second kappa shape index (κ2) is 4.49. The van der Waals surface area contributed by atoms with Crippen molar-refractivity contribution in [1.29, 1.82) is 0 Å². The second-order valence-corrected chi connectivity index (χ2v) is 4.57. The summed E-state index contributed by atoms with van der Waals surface area (Å²) in [5.41, 5.74) is 0. The number of nitrogens with zero attached hydrogens (tertiary/aromatic N) is 2. The highest BCUT2D eigenvalue weighted by atomic mass is 32.1. The summed E-state index contributed by atoms with van der Waals surface area (Å²) in [6.45, 7) is 2.57. The fourth-order valence-corrected chi connectivity index (χ4v) is 2.07. The van der Waals surface area contributed by atoms with Gasteiger partial charge >= 0.3 is 0 Å². The lowest BCUT2D eigenvalue weighted by molar-refractivity contribution is 0.112. The summed E-state index contributed by atoms with van der Waals surface area (Å²) in [6, 6.07) is 3.88. The summed E-state index contributed by atoms with van der Waals surface area (Å²) in [5.74, 6) is 1.79. The topological polar surface area (TPSA) is 46.3 Å². The van der Waals surface area contributed by atoms with E-state index in [0.29, 0.717) is 11.4 Å². The maximum absolute atomic E-state index is 10.5. The molecule has 4 nitrogen and oxygen atoms in total. The van der Waals surface area contributed by atoms with E-state index >= 15 is 0 Å². The first-order valence-corrected chi connectivity index (χ1v) is 5.68. The Balaban J connectivity index is 2.07. The molecule has 0 aliphatic carbocycles. The van der Waals surface area contributed by atoms with Crippen LogP contribution in [0.3, 0.4) is 0 Å². The predicted octanol–water partition coefficient (Wildman–Crippen LogP) is 2.49. The van der Waals surface area contributed by atoms with Crippen molar-refractivity contribution in [2.24, 2.45) is 0 Å². The van der Waals surface area contributed by atoms with Crippen LogP contribution in [0.2, 0.25) is 0 Å². The molecule has 0 aliphatic rings. The van der Waals surface area contributed by atoms with Crippen molar-refractivity contribution in [3.63, 3.8) is 0 Å². The standard InChI is InChI=1S/C11H12N2O2S/c1-8-3-4-9(15-8)6-13(2)11-12-5-10(7-14)16-11/h3-5,7H,6H2,1-2H3. The van der Waals surface area contributed by atoms with Crippen molar-refractivity contribution in [2.75, 3.05) is 11.9 Å². The van der Waals surface area contributed by atoms with E-state index in [0.717, 1.165) is 22.9 Å². The number of aromatic nitrogens is 1. The molecular weight excluding hydrogens is 224 g/mol. The summed E-state index contributed by atoms with van der Waals surface area (Å²) in [5, 5.41) is 0.816. The zero-order valence-corrected chi connectivity index (χ0v) is 9.95. The molecule has 84 valence electrons. The van der Waals surface area contributed by atoms with E-state index in [1.807, 2.05) is 31.0 Å². The van der Waals surface area contributed by atoms with Gasteiger partial charge in [-0.1, -0.05) is 11.3 Å². The van der Waals surface area contributed by atoms with Crippen molar-refractivity contribution >= 4 is 22.8 Å². The Hall–Kier alpha value is -1.62. The summed E-state index contributed by atoms with van der Waals surface area (Å²) >= 11 is 1.37. The Morgan fingerprint density at radius 1 is 1.56 bits per heavy atom. The van der Waals surface area contributed by atoms with Crippen molar-refractivity contribution in [2.45, 2.75) is 13.5 Å². The first-order valence-electron chi connectivity index (χ1n) is 4.86. The van der Waals surface area contributed by atoms with E-state index in [9.17, 15) is 4.79 Å². The number of anilines is 1. The minimum atomic E-state index is 0.637. The summed E-state index contributed by atoms with van der Waals surface area (Å²) in [6.07, 6.45) is 2.39. The van der Waals surface area contributed by atoms with E-state index in [2.05, 4.69) is 4.98 Å². The van der Waals surface area contributed by atoms with Crippen LogP contribution in [0.15, 0.2) is 22.7 Å². The predicted molar refractivity (Wildman–Crippen MR) is 63.1 cm³/mol. The van der Waals surface area contributed by atoms with Gasteiger partial charge in [-0.15, -0.1) is 0 Å². The largest absolute Gasteiger partial charge is 0.464 e. The third-order valence-corrected chi connectivity index (χ3v) is 3.18. The lowest BCUT2D eigenvalue weighted by Gasteiger charge is -2.13. The van der Waals surface area contributed by atoms with Crippen LogP contribution in [0.5, 0.6) is 0 Å². The molecule has 0 N–H and O–H groups in total. The van der Waals surface area contributed by atoms with Gasteiger partial charge in [0.05, 0.1) is 17.6 Å². The molecule has 2 aromatic heterocycles. The number of hydrogen-bond acceptors (Lipinski definition) is 5. The highest BCUT2D eigenvalue weighted by Gasteiger charge is 2.09. The van der Waals surface area contributed by atoms with Crippen LogP contribution < -0.4 is 4.90 Å². The van der Waals surface area contributed by atoms with Crippen LogP contribution in [0, 0.1) is 6.92 Å². The van der Waals surface area contributed by atoms with Crippen LogP contribution >= 0.6 is 11.3 Å². The van der Waals surface area contributed by atoms with Gasteiger partial charge in [0.2, 0.25) is 0 Å². The Labute approximate surface area is 97.5 Å². The van der Waals surface area contributed by atoms with Gasteiger partial charge in [0.25, 0.3) is 0 Å². The molecule has 0 saturated carbocycles. The number of thiazole rings is 1. The molecule has 0 unspecified atom stereocenters. The Morgan fingerprint density at radius 3 is 2.94 bits per heavy atom. The van der Waals surface area contributed by atoms with Crippen LogP contribution in [-0.2, 0) is 6.54 Å². The highest BCUT2D eigenvalue weighted by Crippen LogP contribution is 2.22. The number of furan rings is 1. The third-order valence-electron chi connectivity index (χ3n) is 2.14. The van der Waals surface area contributed by atoms with Crippen LogP contribution in [0.1, 0.15) is 21.2 Å². The fraction of sp³-hybridized carbons (Fsp3) is 0.273. The minimum absolute atomic E-state index is 0.637. The molecule has 2 rings (SSSR count). The van der Waals surface area contributed by atoms with Crippen molar-refractivity contribution in [3.8, 4) is 0 Å². The Bertz CT molecular complexity index is 490. The maximum atomic E-state index is 10.5. The molecule has 16 heavy (non-hydrogen) atoms. The lowest BCUT2D eigenvalue weighted by atomic mass is 10.4. The smallest absolute Gasteiger partial charge is 0.186 e. The molecule has 0 fully saturated rings. The van der Waals surface area contributed by atoms with Gasteiger partial charge in [0.1, 0.15) is 11.5 Å². The SMILES string of the molecule is Cc1ccc(CN(C)c2ncc(C=O)s2)o1. The summed E-state index contributed by atoms with van der Waals surface area (Å²) < 4.78 is 5.47. The zero-order valence-electron chi connectivity index (χ0n) is 9.14. The molecule has 0 radical (unpaired) electrons. The van der Waals surface area contributed by atoms with Crippen molar-refractivity contribution < 1.29 is 9.21 Å². The fourth-order valence-electron chi connectivity index (χ4n) is 1.38. The Morgan fingerprint density at radius 2 is 2.38 bits per heavy atom. The van der Waals surface area contributed by atoms with Gasteiger partial charge < -0.3 is 9.32 Å².